The molecule has 43 heavy (non-hydrogen) atoms. The number of urea groups is 1. The molecule has 4 N–H and O–H groups in total. The largest absolute Gasteiger partial charge is 0.457 e. The summed E-state index contributed by atoms with van der Waals surface area (Å²) in [5.41, 5.74) is 8.07. The molecule has 4 amide bonds. The van der Waals surface area contributed by atoms with Crippen molar-refractivity contribution >= 4 is 68.1 Å². The number of halogens is 1. The van der Waals surface area contributed by atoms with E-state index in [1.807, 2.05) is 55.5 Å². The number of nitrogens with zero attached hydrogens (tertiary/aromatic N) is 3. The van der Waals surface area contributed by atoms with Crippen molar-refractivity contribution in [3.05, 3.63) is 82.3 Å². The van der Waals surface area contributed by atoms with Crippen LogP contribution >= 0.6 is 22.9 Å². The molecule has 2 aliphatic rings. The van der Waals surface area contributed by atoms with Gasteiger partial charge < -0.3 is 26.0 Å². The zero-order valence-electron chi connectivity index (χ0n) is 23.3. The van der Waals surface area contributed by atoms with E-state index in [-0.39, 0.29) is 35.5 Å². The number of para-hydroxylation sites is 1. The van der Waals surface area contributed by atoms with Gasteiger partial charge in [0.2, 0.25) is 0 Å². The maximum atomic E-state index is 13.6. The number of carbonyl (C=O) groups excluding carboxylic acids is 3. The Morgan fingerprint density at radius 2 is 2.00 bits per heavy atom. The van der Waals surface area contributed by atoms with Crippen LogP contribution in [0.15, 0.2) is 71.9 Å². The minimum absolute atomic E-state index is 0.0721. The molecule has 1 saturated heterocycles. The lowest BCUT2D eigenvalue weighted by Gasteiger charge is -2.33. The van der Waals surface area contributed by atoms with E-state index in [9.17, 15) is 14.4 Å². The van der Waals surface area contributed by atoms with Crippen LogP contribution in [0.5, 0.6) is 11.5 Å². The number of thiophene rings is 1. The number of aryl methyl sites for hydroxylation is 1. The van der Waals surface area contributed by atoms with Crippen LogP contribution < -0.4 is 26.0 Å². The fraction of sp³-hybridized carbons (Fsp3) is 0.226. The highest BCUT2D eigenvalue weighted by Gasteiger charge is 2.34. The minimum atomic E-state index is -0.386. The second-order valence-electron chi connectivity index (χ2n) is 10.3. The van der Waals surface area contributed by atoms with E-state index < -0.39 is 0 Å². The Bertz CT molecular complexity index is 1760. The smallest absolute Gasteiger partial charge is 0.331 e. The number of anilines is 3. The van der Waals surface area contributed by atoms with Crippen molar-refractivity contribution in [1.29, 1.82) is 0 Å². The maximum Gasteiger partial charge on any atom is 0.331 e. The third kappa shape index (κ3) is 5.66. The molecule has 2 aromatic carbocycles. The number of pyridine rings is 1. The Hall–Kier alpha value is -4.45. The number of piperidine rings is 1. The summed E-state index contributed by atoms with van der Waals surface area (Å²) in [5.74, 6) is 0.730. The zero-order valence-corrected chi connectivity index (χ0v) is 24.9. The van der Waals surface area contributed by atoms with Gasteiger partial charge in [-0.25, -0.2) is 9.78 Å². The highest BCUT2D eigenvalue weighted by molar-refractivity contribution is 7.21. The molecule has 2 aliphatic heterocycles. The fourth-order valence-electron chi connectivity index (χ4n) is 5.42. The summed E-state index contributed by atoms with van der Waals surface area (Å²) in [6, 6.07) is 16.1. The average Bonchev–Trinajstić information content (AvgIpc) is 3.38. The molecule has 1 atom stereocenters. The van der Waals surface area contributed by atoms with Gasteiger partial charge in [0.15, 0.2) is 0 Å². The van der Waals surface area contributed by atoms with Crippen molar-refractivity contribution in [2.75, 3.05) is 29.9 Å². The third-order valence-corrected chi connectivity index (χ3v) is 8.80. The first-order chi connectivity index (χ1) is 20.8. The molecule has 220 valence electrons. The average molecular weight is 617 g/mol. The molecular formula is C31H29ClN6O4S. The van der Waals surface area contributed by atoms with E-state index >= 15 is 0 Å². The molecule has 10 nitrogen and oxygen atoms in total. The van der Waals surface area contributed by atoms with Crippen molar-refractivity contribution < 1.29 is 19.1 Å². The topological polar surface area (TPSA) is 130 Å². The maximum absolute atomic E-state index is 13.6. The van der Waals surface area contributed by atoms with Gasteiger partial charge in [-0.15, -0.1) is 11.3 Å². The van der Waals surface area contributed by atoms with E-state index in [1.165, 1.54) is 17.4 Å². The number of ether oxygens (including phenoxy) is 1. The van der Waals surface area contributed by atoms with Gasteiger partial charge in [0, 0.05) is 31.9 Å². The number of hydrogen-bond donors (Lipinski definition) is 3. The first-order valence-corrected chi connectivity index (χ1v) is 15.1. The summed E-state index contributed by atoms with van der Waals surface area (Å²) in [6.45, 7) is 2.95. The van der Waals surface area contributed by atoms with E-state index in [4.69, 9.17) is 22.1 Å². The van der Waals surface area contributed by atoms with Crippen LogP contribution in [0.2, 0.25) is 0 Å². The first-order valence-electron chi connectivity index (χ1n) is 13.9. The second-order valence-corrected chi connectivity index (χ2v) is 11.7. The Morgan fingerprint density at radius 3 is 2.77 bits per heavy atom. The predicted octanol–water partition coefficient (Wildman–Crippen LogP) is 5.88. The van der Waals surface area contributed by atoms with Gasteiger partial charge in [0.25, 0.3) is 11.8 Å². The van der Waals surface area contributed by atoms with Crippen molar-refractivity contribution in [3.63, 3.8) is 0 Å². The monoisotopic (exact) mass is 616 g/mol. The summed E-state index contributed by atoms with van der Waals surface area (Å²) in [7, 11) is 0. The van der Waals surface area contributed by atoms with Crippen LogP contribution in [0.25, 0.3) is 10.2 Å². The Morgan fingerprint density at radius 1 is 1.19 bits per heavy atom. The summed E-state index contributed by atoms with van der Waals surface area (Å²) >= 11 is 7.30. The number of likely N-dealkylation sites (tertiary alicyclic amines) is 1. The fourth-order valence-corrected chi connectivity index (χ4v) is 6.65. The van der Waals surface area contributed by atoms with Crippen LogP contribution in [0.1, 0.15) is 28.1 Å². The number of amides is 4. The molecule has 2 aromatic heterocycles. The van der Waals surface area contributed by atoms with Crippen LogP contribution in [-0.2, 0) is 4.79 Å². The van der Waals surface area contributed by atoms with Gasteiger partial charge >= 0.3 is 6.03 Å². The lowest BCUT2D eigenvalue weighted by molar-refractivity contribution is -0.127. The van der Waals surface area contributed by atoms with Gasteiger partial charge in [-0.2, -0.15) is 0 Å². The van der Waals surface area contributed by atoms with E-state index in [0.717, 1.165) is 11.3 Å². The molecule has 4 heterocycles. The molecule has 1 fully saturated rings. The van der Waals surface area contributed by atoms with Crippen LogP contribution in [-0.4, -0.2) is 53.4 Å². The third-order valence-electron chi connectivity index (χ3n) is 7.39. The molecule has 0 spiro atoms. The first kappa shape index (κ1) is 28.7. The second kappa shape index (κ2) is 12.0. The van der Waals surface area contributed by atoms with E-state index in [2.05, 4.69) is 15.6 Å². The molecule has 0 saturated carbocycles. The molecule has 0 unspecified atom stereocenters. The lowest BCUT2D eigenvalue weighted by atomic mass is 10.0. The predicted molar refractivity (Wildman–Crippen MR) is 169 cm³/mol. The molecule has 6 rings (SSSR count). The summed E-state index contributed by atoms with van der Waals surface area (Å²) in [6.07, 6.45) is 4.53. The van der Waals surface area contributed by atoms with Crippen molar-refractivity contribution in [1.82, 2.24) is 15.2 Å². The van der Waals surface area contributed by atoms with Crippen LogP contribution in [0, 0.1) is 6.92 Å². The lowest BCUT2D eigenvalue weighted by Crippen LogP contribution is -2.49. The van der Waals surface area contributed by atoms with Gasteiger partial charge in [0.1, 0.15) is 26.2 Å². The van der Waals surface area contributed by atoms with E-state index in [0.29, 0.717) is 63.8 Å². The number of benzene rings is 2. The van der Waals surface area contributed by atoms with Gasteiger partial charge in [-0.3, -0.25) is 14.5 Å². The number of aromatic nitrogens is 1. The minimum Gasteiger partial charge on any atom is -0.457 e. The van der Waals surface area contributed by atoms with Crippen LogP contribution in [0.4, 0.5) is 21.9 Å². The molecule has 4 aromatic rings. The molecule has 12 heteroatoms. The number of hydrogen-bond acceptors (Lipinski definition) is 7. The Labute approximate surface area is 257 Å². The summed E-state index contributed by atoms with van der Waals surface area (Å²) < 4.78 is 5.97. The number of carbonyl (C=O) groups is 3. The number of nitrogens with two attached hydrogens (primary N) is 1. The van der Waals surface area contributed by atoms with E-state index in [1.54, 1.807) is 22.1 Å². The quantitative estimate of drug-likeness (QED) is 0.222. The molecule has 0 radical (unpaired) electrons. The molecule has 0 bridgehead atoms. The summed E-state index contributed by atoms with van der Waals surface area (Å²) in [4.78, 5) is 48.5. The number of rotatable bonds is 7. The van der Waals surface area contributed by atoms with Crippen LogP contribution in [0.3, 0.4) is 0 Å². The SMILES string of the molecule is Cc1cc(Oc2ccccc2)ccc1N1C(=O)Nc2c(C(=O)N[C@@H]3CCCN(C(=O)/C(Cl)=C/CN)C3)sc3nccc1c23. The normalized spacial score (nSPS) is 16.7. The summed E-state index contributed by atoms with van der Waals surface area (Å²) in [5, 5.41) is 6.76. The Kier molecular flexibility index (Phi) is 8.02. The molecule has 0 aliphatic carbocycles. The van der Waals surface area contributed by atoms with Gasteiger partial charge in [-0.1, -0.05) is 29.8 Å². The van der Waals surface area contributed by atoms with Gasteiger partial charge in [-0.05, 0) is 67.8 Å². The highest BCUT2D eigenvalue weighted by Crippen LogP contribution is 2.46. The standard InChI is InChI=1S/C31H29ClN6O4S/c1-18-16-21(42-20-7-3-2-4-8-20)9-10-23(18)38-24-12-14-34-29-25(24)26(36-31(38)41)27(43-29)28(39)35-19-6-5-15-37(17-19)30(40)22(32)11-13-33/h2-4,7-12,14,16,19H,5-6,13,15,17,33H2,1H3,(H,35,39)(H,36,41)/b22-11-/t19-/m1/s1. The van der Waals surface area contributed by atoms with Crippen molar-refractivity contribution in [2.45, 2.75) is 25.8 Å². The zero-order chi connectivity index (χ0) is 30.1. The molecular weight excluding hydrogens is 588 g/mol. The van der Waals surface area contributed by atoms with Crippen molar-refractivity contribution in [2.24, 2.45) is 5.73 Å². The van der Waals surface area contributed by atoms with Crippen molar-refractivity contribution in [3.8, 4) is 11.5 Å². The highest BCUT2D eigenvalue weighted by atomic mass is 35.5. The Balaban J connectivity index is 1.25. The van der Waals surface area contributed by atoms with Gasteiger partial charge in [0.05, 0.1) is 22.4 Å². The number of nitrogens with one attached hydrogen (secondary N) is 2.